The molecule has 1 saturated heterocycles. The van der Waals surface area contributed by atoms with E-state index in [4.69, 9.17) is 56.7 Å². The van der Waals surface area contributed by atoms with Crippen molar-refractivity contribution < 1.29 is 33.5 Å². The molecule has 4 aliphatic heterocycles. The third-order valence-corrected chi connectivity index (χ3v) is 20.4. The number of halogens is 3. The molecule has 13 rings (SSSR count). The smallest absolute Gasteiger partial charge is 0.260 e. The highest BCUT2D eigenvalue weighted by molar-refractivity contribution is 6.43. The molecule has 4 aliphatic rings. The molecule has 35 heteroatoms. The molecule has 13 heterocycles. The fraction of sp³-hybridized carbons (Fsp3) is 0.347. The predicted molar refractivity (Wildman–Crippen MR) is 424 cm³/mol. The van der Waals surface area contributed by atoms with Gasteiger partial charge in [0, 0.05) is 125 Å². The van der Waals surface area contributed by atoms with E-state index in [1.54, 1.807) is 72.4 Å². The molecule has 0 saturated carbocycles. The number of likely N-dealkylation sites (N-methyl/N-ethyl adjacent to an activating group) is 2. The van der Waals surface area contributed by atoms with Gasteiger partial charge in [0.15, 0.2) is 17.5 Å². The number of nitrogens with two attached hydrogens (primary N) is 3. The van der Waals surface area contributed by atoms with Crippen LogP contribution >= 0.6 is 34.8 Å². The van der Waals surface area contributed by atoms with Gasteiger partial charge in [-0.1, -0.05) is 68.6 Å². The third-order valence-electron chi connectivity index (χ3n) is 19.6. The van der Waals surface area contributed by atoms with Crippen molar-refractivity contribution in [2.45, 2.75) is 75.0 Å². The molecule has 576 valence electrons. The zero-order valence-corrected chi connectivity index (χ0v) is 64.8. The summed E-state index contributed by atoms with van der Waals surface area (Å²) in [6.45, 7) is 27.3. The fourth-order valence-corrected chi connectivity index (χ4v) is 13.8. The minimum Gasteiger partial charge on any atom is -0.379 e. The molecular formula is C75H88Cl3N25O7. The van der Waals surface area contributed by atoms with Crippen LogP contribution in [0.1, 0.15) is 132 Å². The van der Waals surface area contributed by atoms with Crippen molar-refractivity contribution in [2.75, 3.05) is 124 Å². The van der Waals surface area contributed by atoms with Gasteiger partial charge in [-0.25, -0.2) is 15.0 Å². The lowest BCUT2D eigenvalue weighted by molar-refractivity contribution is -0.113. The van der Waals surface area contributed by atoms with E-state index in [9.17, 15) is 28.8 Å². The first-order valence-electron chi connectivity index (χ1n) is 35.9. The molecule has 0 aliphatic carbocycles. The number of nitrogens with zero attached hydrogens (tertiary/aromatic N) is 16. The Morgan fingerprint density at radius 2 is 0.964 bits per heavy atom. The Morgan fingerprint density at radius 1 is 0.555 bits per heavy atom. The number of H-pyrrole nitrogens is 3. The second kappa shape index (κ2) is 35.8. The van der Waals surface area contributed by atoms with Gasteiger partial charge in [-0.15, -0.1) is 0 Å². The van der Waals surface area contributed by atoms with Crippen LogP contribution in [0.15, 0.2) is 73.7 Å². The minimum absolute atomic E-state index is 0.0211. The van der Waals surface area contributed by atoms with Crippen molar-refractivity contribution in [1.82, 2.24) is 95.3 Å². The second-order valence-electron chi connectivity index (χ2n) is 26.1. The number of morpholine rings is 1. The van der Waals surface area contributed by atoms with E-state index >= 15 is 0 Å². The average Bonchev–Trinajstić information content (AvgIpc) is 1.61. The van der Waals surface area contributed by atoms with Gasteiger partial charge in [0.25, 0.3) is 35.4 Å². The Balaban J connectivity index is 0.000000164. The largest absolute Gasteiger partial charge is 0.379 e. The van der Waals surface area contributed by atoms with Gasteiger partial charge in [-0.3, -0.25) is 63.0 Å². The lowest BCUT2D eigenvalue weighted by atomic mass is 10.1. The third kappa shape index (κ3) is 17.9. The Bertz CT molecular complexity index is 4800. The zero-order chi connectivity index (χ0) is 78.6. The number of anilines is 6. The first-order valence-corrected chi connectivity index (χ1v) is 37.1. The number of fused-ring (bicyclic) bond motifs is 3. The summed E-state index contributed by atoms with van der Waals surface area (Å²) in [6.07, 6.45) is 16.7. The number of nitrogen functional groups attached to an aromatic ring is 3. The maximum atomic E-state index is 13.7. The van der Waals surface area contributed by atoms with E-state index in [-0.39, 0.29) is 88.4 Å². The van der Waals surface area contributed by atoms with Crippen molar-refractivity contribution in [1.29, 1.82) is 0 Å². The molecule has 110 heavy (non-hydrogen) atoms. The zero-order valence-electron chi connectivity index (χ0n) is 62.6. The number of hydrogen-bond donors (Lipinski definition) is 9. The molecule has 12 N–H and O–H groups in total. The van der Waals surface area contributed by atoms with Crippen LogP contribution in [0.3, 0.4) is 0 Å². The number of carbonyl (C=O) groups is 6. The first kappa shape index (κ1) is 79.8. The summed E-state index contributed by atoms with van der Waals surface area (Å²) in [5.74, 6) is -0.488. The van der Waals surface area contributed by atoms with Crippen molar-refractivity contribution in [3.05, 3.63) is 179 Å². The SMILES string of the molecule is CCN(CC)CCNC(=O)c1c[nH]c(/C=C2\C(=O)N(Cc3ccccn3)c3nc(N)nc(Cl)c32)c1C.CCN(CC)CCNC(=O)c1c[nH]c(/C=C2\C(=O)N(Cc3ccncc3)c3nc(N)nc(Cl)c32)c1C.Cc1c(C(=O)NCCN2CCOCC2)c[nH]c1/C=C1\C(=O)N(Cc2cnn(C)c2C)c2nc(N)nc(Cl)c21. The molecule has 0 aromatic carbocycles. The number of amides is 6. The number of aromatic nitrogens is 13. The molecule has 32 nitrogen and oxygen atoms in total. The standard InChI is InChI=1S/C25H30ClN9O3.2C25H29ClN8O2/c1-14-18(23(36)28-4-5-34-6-8-38-9-7-34)12-29-19(14)10-17-20-21(26)31-25(27)32-22(20)35(24(17)37)13-16-11-30-33(3)15(16)2;1-4-33(5-2)11-10-29-23(35)18-13-30-19(15(18)3)12-17-20-21(26)31-25(27)32-22(20)34(24(17)36)14-16-6-8-28-9-7-16;1-4-33(5-2)11-10-29-23(35)18-13-30-19(15(18)3)12-17-20-21(26)31-25(27)32-22(20)34(24(17)36)14-16-8-6-7-9-28-16/h10-12,29H,4-9,13H2,1-3H3,(H,28,36)(H2,27,31,32);2*6-9,12-13,30H,4-5,10-11,14H2,1-3H3,(H,29,35)(H2,27,31,32)/b17-10-;2*17-12-. The maximum absolute atomic E-state index is 13.7. The fourth-order valence-electron chi connectivity index (χ4n) is 13.0. The van der Waals surface area contributed by atoms with Gasteiger partial charge >= 0.3 is 0 Å². The molecular weight excluding hydrogens is 1470 g/mol. The quantitative estimate of drug-likeness (QED) is 0.0199. The molecule has 0 unspecified atom stereocenters. The molecule has 1 fully saturated rings. The molecule has 9 aromatic rings. The number of hydrogen-bond acceptors (Lipinski definition) is 22. The monoisotopic (exact) mass is 1560 g/mol. The van der Waals surface area contributed by atoms with Gasteiger partial charge in [0.2, 0.25) is 17.8 Å². The van der Waals surface area contributed by atoms with Crippen LogP contribution in [0.25, 0.3) is 34.9 Å². The van der Waals surface area contributed by atoms with E-state index < -0.39 is 0 Å². The van der Waals surface area contributed by atoms with E-state index in [2.05, 4.69) is 118 Å². The van der Waals surface area contributed by atoms with Crippen LogP contribution in [0, 0.1) is 27.7 Å². The van der Waals surface area contributed by atoms with Crippen LogP contribution < -0.4 is 47.9 Å². The Kier molecular flexibility index (Phi) is 26.0. The van der Waals surface area contributed by atoms with E-state index in [0.29, 0.717) is 134 Å². The van der Waals surface area contributed by atoms with Crippen molar-refractivity contribution in [3.8, 4) is 0 Å². The number of nitrogens with one attached hydrogen (secondary N) is 6. The number of pyridine rings is 2. The van der Waals surface area contributed by atoms with E-state index in [0.717, 1.165) is 81.3 Å². The summed E-state index contributed by atoms with van der Waals surface area (Å²) < 4.78 is 7.10. The molecule has 6 amide bonds. The van der Waals surface area contributed by atoms with Gasteiger partial charge in [0.1, 0.15) is 15.5 Å². The highest BCUT2D eigenvalue weighted by Crippen LogP contribution is 2.45. The minimum atomic E-state index is -0.309. The van der Waals surface area contributed by atoms with Crippen molar-refractivity contribution >= 4 is 140 Å². The molecule has 0 bridgehead atoms. The van der Waals surface area contributed by atoms with Gasteiger partial charge in [-0.05, 0) is 119 Å². The number of aromatic amines is 3. The Hall–Kier alpha value is -11.3. The number of ether oxygens (including phenoxy) is 1. The molecule has 0 atom stereocenters. The molecule has 0 radical (unpaired) electrons. The van der Waals surface area contributed by atoms with Crippen LogP contribution in [0.5, 0.6) is 0 Å². The molecule has 0 spiro atoms. The van der Waals surface area contributed by atoms with Crippen LogP contribution in [-0.2, 0) is 45.8 Å². The predicted octanol–water partition coefficient (Wildman–Crippen LogP) is 7.35. The van der Waals surface area contributed by atoms with Gasteiger partial charge in [-0.2, -0.15) is 20.1 Å². The van der Waals surface area contributed by atoms with Gasteiger partial charge in [0.05, 0.1) is 94.8 Å². The number of carbonyl (C=O) groups excluding carboxylic acids is 6. The van der Waals surface area contributed by atoms with Crippen LogP contribution in [0.4, 0.5) is 35.3 Å². The van der Waals surface area contributed by atoms with Crippen LogP contribution in [0.2, 0.25) is 15.5 Å². The van der Waals surface area contributed by atoms with Crippen molar-refractivity contribution in [3.63, 3.8) is 0 Å². The number of rotatable bonds is 25. The summed E-state index contributed by atoms with van der Waals surface area (Å²) in [5, 5.41) is 13.4. The van der Waals surface area contributed by atoms with Crippen LogP contribution in [-0.4, -0.2) is 206 Å². The topological polar surface area (TPSA) is 414 Å². The van der Waals surface area contributed by atoms with Gasteiger partial charge < -0.3 is 62.6 Å². The second-order valence-corrected chi connectivity index (χ2v) is 27.2. The summed E-state index contributed by atoms with van der Waals surface area (Å²) >= 11 is 19.3. The summed E-state index contributed by atoms with van der Waals surface area (Å²) in [7, 11) is 1.84. The van der Waals surface area contributed by atoms with Crippen molar-refractivity contribution in [2.24, 2.45) is 7.05 Å². The Morgan fingerprint density at radius 3 is 1.35 bits per heavy atom. The van der Waals surface area contributed by atoms with E-state index in [1.807, 2.05) is 59.0 Å². The highest BCUT2D eigenvalue weighted by atomic mass is 35.5. The average molecular weight is 1560 g/mol. The van der Waals surface area contributed by atoms with E-state index in [1.165, 1.54) is 14.7 Å². The number of aryl methyl sites for hydroxylation is 1. The first-order chi connectivity index (χ1) is 52.9. The molecule has 9 aromatic heterocycles. The highest BCUT2D eigenvalue weighted by Gasteiger charge is 2.41. The summed E-state index contributed by atoms with van der Waals surface area (Å²) in [4.78, 5) is 133. The Labute approximate surface area is 650 Å². The normalized spacial score (nSPS) is 15.1. The summed E-state index contributed by atoms with van der Waals surface area (Å²) in [5.41, 5.74) is 28.6. The lowest BCUT2D eigenvalue weighted by Gasteiger charge is -2.26. The lowest BCUT2D eigenvalue weighted by Crippen LogP contribution is -2.41. The summed E-state index contributed by atoms with van der Waals surface area (Å²) in [6, 6.07) is 9.11. The maximum Gasteiger partial charge on any atom is 0.260 e.